The monoisotopic (exact) mass is 291 g/mol. The second-order valence-electron chi connectivity index (χ2n) is 3.66. The predicted molar refractivity (Wildman–Crippen MR) is 74.0 cm³/mol. The van der Waals surface area contributed by atoms with E-state index < -0.39 is 5.97 Å². The molecule has 104 valence electrons. The summed E-state index contributed by atoms with van der Waals surface area (Å²) in [5.41, 5.74) is 6.72. The van der Waals surface area contributed by atoms with Crippen LogP contribution in [0.3, 0.4) is 0 Å². The van der Waals surface area contributed by atoms with Crippen molar-refractivity contribution in [2.45, 2.75) is 17.8 Å². The van der Waals surface area contributed by atoms with Crippen molar-refractivity contribution < 1.29 is 9.53 Å². The van der Waals surface area contributed by atoms with E-state index in [9.17, 15) is 4.79 Å². The summed E-state index contributed by atoms with van der Waals surface area (Å²) in [7, 11) is 0. The van der Waals surface area contributed by atoms with Gasteiger partial charge in [0.15, 0.2) is 5.16 Å². The predicted octanol–water partition coefficient (Wildman–Crippen LogP) is 1.32. The molecule has 0 saturated heterocycles. The van der Waals surface area contributed by atoms with Crippen molar-refractivity contribution in [3.63, 3.8) is 0 Å². The van der Waals surface area contributed by atoms with Gasteiger partial charge < -0.3 is 10.5 Å². The van der Waals surface area contributed by atoms with Crippen molar-refractivity contribution in [1.29, 1.82) is 0 Å². The molecule has 0 atom stereocenters. The van der Waals surface area contributed by atoms with Crippen LogP contribution in [0, 0.1) is 0 Å². The summed E-state index contributed by atoms with van der Waals surface area (Å²) in [6.45, 7) is 2.00. The highest BCUT2D eigenvalue weighted by Gasteiger charge is 2.13. The van der Waals surface area contributed by atoms with Crippen LogP contribution in [0.25, 0.3) is 0 Å². The average molecular weight is 291 g/mol. The molecule has 0 aliphatic heterocycles. The fourth-order valence-electron chi connectivity index (χ4n) is 1.36. The summed E-state index contributed by atoms with van der Waals surface area (Å²) in [5, 5.41) is 0.473. The highest BCUT2D eigenvalue weighted by molar-refractivity contribution is 7.98. The number of ether oxygens (including phenoxy) is 1. The molecule has 0 spiro atoms. The number of carbonyl (C=O) groups excluding carboxylic acids is 1. The molecule has 0 aliphatic rings. The van der Waals surface area contributed by atoms with Gasteiger partial charge in [0, 0.05) is 30.5 Å². The molecule has 7 nitrogen and oxygen atoms in total. The Morgan fingerprint density at radius 2 is 2.20 bits per heavy atom. The van der Waals surface area contributed by atoms with Crippen molar-refractivity contribution in [2.24, 2.45) is 0 Å². The number of anilines is 1. The van der Waals surface area contributed by atoms with Crippen LogP contribution in [0.1, 0.15) is 23.0 Å². The Labute approximate surface area is 120 Å². The second kappa shape index (κ2) is 6.80. The maximum atomic E-state index is 11.5. The lowest BCUT2D eigenvalue weighted by molar-refractivity contribution is 0.0526. The molecule has 0 unspecified atom stereocenters. The van der Waals surface area contributed by atoms with E-state index in [2.05, 4.69) is 19.9 Å². The number of thioether (sulfide) groups is 1. The summed E-state index contributed by atoms with van der Waals surface area (Å²) in [6, 6.07) is 0. The Morgan fingerprint density at radius 3 is 2.85 bits per heavy atom. The molecule has 0 aromatic carbocycles. The maximum Gasteiger partial charge on any atom is 0.343 e. The van der Waals surface area contributed by atoms with Gasteiger partial charge in [0.2, 0.25) is 0 Å². The Kier molecular flexibility index (Phi) is 4.83. The number of hydrogen-bond acceptors (Lipinski definition) is 8. The third-order valence-corrected chi connectivity index (χ3v) is 3.15. The van der Waals surface area contributed by atoms with Crippen LogP contribution in [0.4, 0.5) is 5.82 Å². The number of rotatable bonds is 5. The molecule has 2 aromatic heterocycles. The number of aromatic nitrogens is 4. The number of hydrogen-bond donors (Lipinski definition) is 1. The van der Waals surface area contributed by atoms with Crippen LogP contribution in [0.15, 0.2) is 29.9 Å². The van der Waals surface area contributed by atoms with Gasteiger partial charge in [-0.05, 0) is 6.92 Å². The summed E-state index contributed by atoms with van der Waals surface area (Å²) < 4.78 is 4.85. The lowest BCUT2D eigenvalue weighted by Gasteiger charge is -2.05. The minimum absolute atomic E-state index is 0.111. The molecule has 0 bridgehead atoms. The SMILES string of the molecule is CCOC(=O)c1cnc(SCc2cnccn2)nc1N. The molecule has 2 rings (SSSR count). The van der Waals surface area contributed by atoms with E-state index in [1.807, 2.05) is 0 Å². The highest BCUT2D eigenvalue weighted by atomic mass is 32.2. The van der Waals surface area contributed by atoms with E-state index >= 15 is 0 Å². The molecular formula is C12H13N5O2S. The van der Waals surface area contributed by atoms with Crippen LogP contribution >= 0.6 is 11.8 Å². The molecular weight excluding hydrogens is 278 g/mol. The normalized spacial score (nSPS) is 10.2. The van der Waals surface area contributed by atoms with E-state index in [-0.39, 0.29) is 18.0 Å². The van der Waals surface area contributed by atoms with Gasteiger partial charge in [0.1, 0.15) is 11.4 Å². The smallest absolute Gasteiger partial charge is 0.343 e. The van der Waals surface area contributed by atoms with Gasteiger partial charge in [-0.1, -0.05) is 11.8 Å². The van der Waals surface area contributed by atoms with E-state index in [1.165, 1.54) is 18.0 Å². The molecule has 8 heteroatoms. The maximum absolute atomic E-state index is 11.5. The molecule has 0 aliphatic carbocycles. The largest absolute Gasteiger partial charge is 0.462 e. The Bertz CT molecular complexity index is 594. The summed E-state index contributed by atoms with van der Waals surface area (Å²) in [4.78, 5) is 27.8. The van der Waals surface area contributed by atoms with Crippen LogP contribution in [-0.4, -0.2) is 32.5 Å². The van der Waals surface area contributed by atoms with Crippen LogP contribution in [0.2, 0.25) is 0 Å². The van der Waals surface area contributed by atoms with Crippen molar-refractivity contribution in [3.8, 4) is 0 Å². The summed E-state index contributed by atoms with van der Waals surface area (Å²) in [5.74, 6) is 0.169. The minimum Gasteiger partial charge on any atom is -0.462 e. The first-order chi connectivity index (χ1) is 9.70. The van der Waals surface area contributed by atoms with Gasteiger partial charge in [0.25, 0.3) is 0 Å². The Morgan fingerprint density at radius 1 is 1.35 bits per heavy atom. The van der Waals surface area contributed by atoms with Crippen molar-refractivity contribution >= 4 is 23.5 Å². The van der Waals surface area contributed by atoms with Gasteiger partial charge in [-0.3, -0.25) is 9.97 Å². The van der Waals surface area contributed by atoms with E-state index in [0.29, 0.717) is 10.9 Å². The minimum atomic E-state index is -0.518. The van der Waals surface area contributed by atoms with Crippen LogP contribution in [0.5, 0.6) is 0 Å². The molecule has 2 heterocycles. The third-order valence-electron chi connectivity index (χ3n) is 2.26. The van der Waals surface area contributed by atoms with E-state index in [1.54, 1.807) is 25.5 Å². The quantitative estimate of drug-likeness (QED) is 0.499. The first-order valence-electron chi connectivity index (χ1n) is 5.88. The van der Waals surface area contributed by atoms with Crippen molar-refractivity contribution in [1.82, 2.24) is 19.9 Å². The molecule has 2 aromatic rings. The zero-order chi connectivity index (χ0) is 14.4. The van der Waals surface area contributed by atoms with Crippen molar-refractivity contribution in [3.05, 3.63) is 36.0 Å². The van der Waals surface area contributed by atoms with Crippen LogP contribution < -0.4 is 5.73 Å². The standard InChI is InChI=1S/C12H13N5O2S/c1-2-19-11(18)9-6-16-12(17-10(9)13)20-7-8-5-14-3-4-15-8/h3-6H,2,7H2,1H3,(H2,13,16,17). The molecule has 0 saturated carbocycles. The van der Waals surface area contributed by atoms with Gasteiger partial charge in [-0.2, -0.15) is 0 Å². The van der Waals surface area contributed by atoms with Crippen molar-refractivity contribution in [2.75, 3.05) is 12.3 Å². The molecule has 20 heavy (non-hydrogen) atoms. The highest BCUT2D eigenvalue weighted by Crippen LogP contribution is 2.20. The fraction of sp³-hybridized carbons (Fsp3) is 0.250. The lowest BCUT2D eigenvalue weighted by Crippen LogP contribution is -2.10. The van der Waals surface area contributed by atoms with E-state index in [4.69, 9.17) is 10.5 Å². The number of nitrogen functional groups attached to an aromatic ring is 1. The number of nitrogens with zero attached hydrogens (tertiary/aromatic N) is 4. The zero-order valence-corrected chi connectivity index (χ0v) is 11.6. The fourth-order valence-corrected chi connectivity index (χ4v) is 2.07. The molecule has 0 amide bonds. The Hall–Kier alpha value is -2.22. The third kappa shape index (κ3) is 3.64. The molecule has 0 radical (unpaired) electrons. The zero-order valence-electron chi connectivity index (χ0n) is 10.8. The number of carbonyl (C=O) groups is 1. The lowest BCUT2D eigenvalue weighted by atomic mass is 10.3. The first-order valence-corrected chi connectivity index (χ1v) is 6.86. The summed E-state index contributed by atoms with van der Waals surface area (Å²) in [6.07, 6.45) is 6.27. The number of esters is 1. The first kappa shape index (κ1) is 14.2. The van der Waals surface area contributed by atoms with Crippen LogP contribution in [-0.2, 0) is 10.5 Å². The molecule has 2 N–H and O–H groups in total. The van der Waals surface area contributed by atoms with Gasteiger partial charge in [-0.25, -0.2) is 14.8 Å². The van der Waals surface area contributed by atoms with Gasteiger partial charge in [-0.15, -0.1) is 0 Å². The van der Waals surface area contributed by atoms with Gasteiger partial charge >= 0.3 is 5.97 Å². The van der Waals surface area contributed by atoms with Gasteiger partial charge in [0.05, 0.1) is 12.3 Å². The second-order valence-corrected chi connectivity index (χ2v) is 4.60. The summed E-state index contributed by atoms with van der Waals surface area (Å²) >= 11 is 1.36. The Balaban J connectivity index is 2.04. The number of nitrogens with two attached hydrogens (primary N) is 1. The van der Waals surface area contributed by atoms with E-state index in [0.717, 1.165) is 5.69 Å². The average Bonchev–Trinajstić information content (AvgIpc) is 2.46. The topological polar surface area (TPSA) is 104 Å². The molecule has 0 fully saturated rings.